The van der Waals surface area contributed by atoms with Gasteiger partial charge in [-0.3, -0.25) is 0 Å². The summed E-state index contributed by atoms with van der Waals surface area (Å²) in [6, 6.07) is 10.8. The molecule has 2 N–H and O–H groups in total. The Morgan fingerprint density at radius 2 is 2.07 bits per heavy atom. The first kappa shape index (κ1) is 17.2. The molecule has 2 aliphatic rings. The lowest BCUT2D eigenvalue weighted by Crippen LogP contribution is -2.48. The van der Waals surface area contributed by atoms with E-state index in [1.807, 2.05) is 21.7 Å². The number of likely N-dealkylation sites (tertiary alicyclic amines) is 1. The molecule has 2 amide bonds. The summed E-state index contributed by atoms with van der Waals surface area (Å²) >= 11 is 0. The maximum atomic E-state index is 13.1. The number of aromatic nitrogens is 5. The second kappa shape index (κ2) is 7.26. The van der Waals surface area contributed by atoms with Gasteiger partial charge in [-0.05, 0) is 60.0 Å². The van der Waals surface area contributed by atoms with Crippen LogP contribution < -0.4 is 5.32 Å². The van der Waals surface area contributed by atoms with Crippen molar-refractivity contribution in [2.45, 2.75) is 57.2 Å². The number of tetrazole rings is 1. The molecule has 2 aromatic heterocycles. The maximum absolute atomic E-state index is 13.1. The molecule has 4 heterocycles. The zero-order valence-corrected chi connectivity index (χ0v) is 15.8. The molecule has 1 fully saturated rings. The van der Waals surface area contributed by atoms with E-state index in [9.17, 15) is 4.79 Å². The number of carbonyl (C=O) groups excluding carboxylic acids is 1. The molecule has 2 atom stereocenters. The summed E-state index contributed by atoms with van der Waals surface area (Å²) in [5.74, 6) is 0.908. The van der Waals surface area contributed by atoms with Crippen molar-refractivity contribution in [3.63, 3.8) is 0 Å². The summed E-state index contributed by atoms with van der Waals surface area (Å²) in [5.41, 5.74) is 2.26. The molecule has 0 aliphatic carbocycles. The largest absolute Gasteiger partial charge is 0.357 e. The van der Waals surface area contributed by atoms with Crippen LogP contribution in [0.25, 0.3) is 10.9 Å². The van der Waals surface area contributed by atoms with Crippen LogP contribution in [0, 0.1) is 0 Å². The van der Waals surface area contributed by atoms with Gasteiger partial charge in [-0.1, -0.05) is 18.2 Å². The van der Waals surface area contributed by atoms with Crippen molar-refractivity contribution in [1.29, 1.82) is 0 Å². The van der Waals surface area contributed by atoms with Crippen LogP contribution in [0.1, 0.15) is 49.7 Å². The lowest BCUT2D eigenvalue weighted by atomic mass is 9.99. The van der Waals surface area contributed by atoms with Crippen LogP contribution in [0.5, 0.6) is 0 Å². The molecule has 2 unspecified atom stereocenters. The minimum atomic E-state index is 0.0407. The quantitative estimate of drug-likeness (QED) is 0.716. The van der Waals surface area contributed by atoms with Gasteiger partial charge in [0.2, 0.25) is 0 Å². The smallest absolute Gasteiger partial charge is 0.318 e. The van der Waals surface area contributed by atoms with Crippen LogP contribution in [-0.4, -0.2) is 48.7 Å². The molecular formula is C20H25N7O. The van der Waals surface area contributed by atoms with Crippen LogP contribution in [0.4, 0.5) is 4.79 Å². The molecule has 0 saturated carbocycles. The zero-order valence-electron chi connectivity index (χ0n) is 15.8. The molecule has 8 heteroatoms. The van der Waals surface area contributed by atoms with Gasteiger partial charge in [-0.15, -0.1) is 5.10 Å². The highest BCUT2D eigenvalue weighted by Crippen LogP contribution is 2.32. The number of aryl methyl sites for hydroxylation is 2. The molecule has 8 nitrogen and oxygen atoms in total. The van der Waals surface area contributed by atoms with E-state index in [-0.39, 0.29) is 18.1 Å². The third-order valence-corrected chi connectivity index (χ3v) is 6.01. The van der Waals surface area contributed by atoms with E-state index in [0.717, 1.165) is 68.6 Å². The third-order valence-electron chi connectivity index (χ3n) is 6.01. The van der Waals surface area contributed by atoms with Gasteiger partial charge in [0.25, 0.3) is 0 Å². The molecule has 146 valence electrons. The Morgan fingerprint density at radius 3 is 3.00 bits per heavy atom. The highest BCUT2D eigenvalue weighted by Gasteiger charge is 2.30. The van der Waals surface area contributed by atoms with E-state index in [1.54, 1.807) is 0 Å². The fourth-order valence-corrected chi connectivity index (χ4v) is 4.48. The average Bonchev–Trinajstić information content (AvgIpc) is 3.32. The van der Waals surface area contributed by atoms with Crippen LogP contribution in [-0.2, 0) is 13.0 Å². The molecule has 2 aliphatic heterocycles. The fourth-order valence-electron chi connectivity index (χ4n) is 4.48. The molecule has 1 saturated heterocycles. The summed E-state index contributed by atoms with van der Waals surface area (Å²) in [7, 11) is 0. The van der Waals surface area contributed by atoms with Gasteiger partial charge in [0, 0.05) is 36.8 Å². The Bertz CT molecular complexity index is 922. The number of carbonyl (C=O) groups is 1. The summed E-state index contributed by atoms with van der Waals surface area (Å²) in [6.45, 7) is 1.55. The Labute approximate surface area is 163 Å². The van der Waals surface area contributed by atoms with E-state index in [4.69, 9.17) is 0 Å². The van der Waals surface area contributed by atoms with E-state index in [1.165, 1.54) is 5.39 Å². The first-order chi connectivity index (χ1) is 13.8. The maximum Gasteiger partial charge on any atom is 0.318 e. The topological polar surface area (TPSA) is 91.7 Å². The Kier molecular flexibility index (Phi) is 4.46. The molecule has 3 aromatic rings. The summed E-state index contributed by atoms with van der Waals surface area (Å²) in [5, 5.41) is 16.3. The number of H-pyrrole nitrogens is 1. The van der Waals surface area contributed by atoms with E-state index in [2.05, 4.69) is 44.0 Å². The van der Waals surface area contributed by atoms with E-state index in [0.29, 0.717) is 0 Å². The van der Waals surface area contributed by atoms with Crippen molar-refractivity contribution < 1.29 is 4.79 Å². The Balaban J connectivity index is 1.30. The molecule has 0 radical (unpaired) electrons. The highest BCUT2D eigenvalue weighted by atomic mass is 16.2. The van der Waals surface area contributed by atoms with Gasteiger partial charge >= 0.3 is 6.03 Å². The standard InChI is InChI=1S/C20H25N7O/c28-20(21-15-8-9-19-23-24-25-27(19)12-10-15)26-11-4-3-7-18(26)17-13-14-5-1-2-6-16(14)22-17/h1-2,5-6,13,15,18,22H,3-4,7-12H2,(H,21,28). The summed E-state index contributed by atoms with van der Waals surface area (Å²) in [4.78, 5) is 18.7. The lowest BCUT2D eigenvalue weighted by Gasteiger charge is -2.36. The number of hydrogen-bond acceptors (Lipinski definition) is 4. The molecular weight excluding hydrogens is 354 g/mol. The number of fused-ring (bicyclic) bond motifs is 2. The number of benzene rings is 1. The van der Waals surface area contributed by atoms with Crippen molar-refractivity contribution in [3.05, 3.63) is 41.9 Å². The van der Waals surface area contributed by atoms with Crippen molar-refractivity contribution in [2.75, 3.05) is 6.54 Å². The highest BCUT2D eigenvalue weighted by molar-refractivity contribution is 5.81. The minimum Gasteiger partial charge on any atom is -0.357 e. The number of amides is 2. The number of aromatic amines is 1. The molecule has 0 bridgehead atoms. The second-order valence-corrected chi connectivity index (χ2v) is 7.81. The number of nitrogens with one attached hydrogen (secondary N) is 2. The van der Waals surface area contributed by atoms with Crippen molar-refractivity contribution in [2.24, 2.45) is 0 Å². The Hall–Kier alpha value is -2.90. The first-order valence-corrected chi connectivity index (χ1v) is 10.2. The van der Waals surface area contributed by atoms with Crippen LogP contribution >= 0.6 is 0 Å². The number of para-hydroxylation sites is 1. The van der Waals surface area contributed by atoms with E-state index < -0.39 is 0 Å². The van der Waals surface area contributed by atoms with Crippen LogP contribution in [0.3, 0.4) is 0 Å². The van der Waals surface area contributed by atoms with Crippen molar-refractivity contribution in [3.8, 4) is 0 Å². The Morgan fingerprint density at radius 1 is 1.14 bits per heavy atom. The first-order valence-electron chi connectivity index (χ1n) is 10.2. The molecule has 28 heavy (non-hydrogen) atoms. The number of rotatable bonds is 2. The van der Waals surface area contributed by atoms with Gasteiger partial charge in [0.05, 0.1) is 6.04 Å². The van der Waals surface area contributed by atoms with Crippen molar-refractivity contribution in [1.82, 2.24) is 35.4 Å². The summed E-state index contributed by atoms with van der Waals surface area (Å²) < 4.78 is 1.85. The fraction of sp³-hybridized carbons (Fsp3) is 0.500. The van der Waals surface area contributed by atoms with Crippen LogP contribution in [0.15, 0.2) is 30.3 Å². The zero-order chi connectivity index (χ0) is 18.9. The van der Waals surface area contributed by atoms with Gasteiger partial charge in [0.1, 0.15) is 0 Å². The van der Waals surface area contributed by atoms with E-state index >= 15 is 0 Å². The third kappa shape index (κ3) is 3.23. The van der Waals surface area contributed by atoms with Gasteiger partial charge < -0.3 is 15.2 Å². The predicted molar refractivity (Wildman–Crippen MR) is 105 cm³/mol. The molecule has 1 aromatic carbocycles. The normalized spacial score (nSPS) is 22.6. The second-order valence-electron chi connectivity index (χ2n) is 7.81. The molecule has 5 rings (SSSR count). The van der Waals surface area contributed by atoms with Gasteiger partial charge in [0.15, 0.2) is 5.82 Å². The lowest BCUT2D eigenvalue weighted by molar-refractivity contribution is 0.146. The number of nitrogens with zero attached hydrogens (tertiary/aromatic N) is 5. The number of piperidine rings is 1. The SMILES string of the molecule is O=C(NC1CCc2nnnn2CC1)N1CCCCC1c1cc2ccccc2[nH]1. The average molecular weight is 379 g/mol. The minimum absolute atomic E-state index is 0.0407. The van der Waals surface area contributed by atoms with Gasteiger partial charge in [-0.2, -0.15) is 0 Å². The molecule has 0 spiro atoms. The van der Waals surface area contributed by atoms with Crippen LogP contribution in [0.2, 0.25) is 0 Å². The number of hydrogen-bond donors (Lipinski definition) is 2. The predicted octanol–water partition coefficient (Wildman–Crippen LogP) is 2.80. The van der Waals surface area contributed by atoms with Crippen molar-refractivity contribution >= 4 is 16.9 Å². The number of urea groups is 1. The van der Waals surface area contributed by atoms with Gasteiger partial charge in [-0.25, -0.2) is 9.48 Å². The monoisotopic (exact) mass is 379 g/mol. The summed E-state index contributed by atoms with van der Waals surface area (Å²) in [6.07, 6.45) is 5.72.